The molecule has 17 heavy (non-hydrogen) atoms. The third-order valence-corrected chi connectivity index (χ3v) is 2.46. The van der Waals surface area contributed by atoms with E-state index < -0.39 is 0 Å². The molecule has 2 aromatic heterocycles. The van der Waals surface area contributed by atoms with Gasteiger partial charge in [-0.15, -0.1) is 0 Å². The van der Waals surface area contributed by atoms with Gasteiger partial charge in [-0.1, -0.05) is 13.0 Å². The van der Waals surface area contributed by atoms with Crippen LogP contribution in [0.25, 0.3) is 0 Å². The predicted molar refractivity (Wildman–Crippen MR) is 63.6 cm³/mol. The Bertz CT molecular complexity index is 491. The van der Waals surface area contributed by atoms with Gasteiger partial charge in [-0.2, -0.15) is 0 Å². The van der Waals surface area contributed by atoms with E-state index in [0.717, 1.165) is 17.5 Å². The molecular weight excluding hydrogens is 216 g/mol. The molecule has 0 atom stereocenters. The lowest BCUT2D eigenvalue weighted by atomic mass is 10.3. The number of aryl methyl sites for hydroxylation is 1. The Morgan fingerprint density at radius 3 is 2.94 bits per heavy atom. The molecule has 0 unspecified atom stereocenters. The lowest BCUT2D eigenvalue weighted by molar-refractivity contribution is 0.141. The van der Waals surface area contributed by atoms with Gasteiger partial charge in [0.15, 0.2) is 0 Å². The molecule has 0 amide bonds. The van der Waals surface area contributed by atoms with Crippen LogP contribution < -0.4 is 0 Å². The summed E-state index contributed by atoms with van der Waals surface area (Å²) in [7, 11) is 0. The molecule has 4 heteroatoms. The highest BCUT2D eigenvalue weighted by Gasteiger charge is 2.06. The van der Waals surface area contributed by atoms with Crippen molar-refractivity contribution in [1.82, 2.24) is 9.55 Å². The molecule has 2 aromatic rings. The zero-order valence-corrected chi connectivity index (χ0v) is 9.67. The lowest BCUT2D eigenvalue weighted by Gasteiger charge is -2.04. The molecule has 0 saturated carbocycles. The maximum atomic E-state index is 11.7. The van der Waals surface area contributed by atoms with Gasteiger partial charge in [-0.05, 0) is 24.1 Å². The largest absolute Gasteiger partial charge is 0.444 e. The van der Waals surface area contributed by atoms with Crippen LogP contribution >= 0.6 is 0 Å². The monoisotopic (exact) mass is 230 g/mol. The van der Waals surface area contributed by atoms with E-state index in [1.807, 2.05) is 25.1 Å². The van der Waals surface area contributed by atoms with Gasteiger partial charge in [0, 0.05) is 30.4 Å². The highest BCUT2D eigenvalue weighted by atomic mass is 16.5. The number of aromatic nitrogens is 2. The summed E-state index contributed by atoms with van der Waals surface area (Å²) in [6.07, 6.45) is 7.40. The highest BCUT2D eigenvalue weighted by Crippen LogP contribution is 2.04. The van der Waals surface area contributed by atoms with Gasteiger partial charge in [0.25, 0.3) is 0 Å². The smallest absolute Gasteiger partial charge is 0.418 e. The van der Waals surface area contributed by atoms with Crippen molar-refractivity contribution in [3.05, 3.63) is 54.1 Å². The third-order valence-electron chi connectivity index (χ3n) is 2.46. The van der Waals surface area contributed by atoms with E-state index in [-0.39, 0.29) is 12.7 Å². The minimum atomic E-state index is -0.367. The SMILES string of the molecule is CCc1ccn(C(=O)OCc2cccnc2)c1. The van der Waals surface area contributed by atoms with Crippen molar-refractivity contribution in [3.63, 3.8) is 0 Å². The van der Waals surface area contributed by atoms with Crippen LogP contribution in [0.4, 0.5) is 4.79 Å². The van der Waals surface area contributed by atoms with E-state index in [4.69, 9.17) is 4.74 Å². The quantitative estimate of drug-likeness (QED) is 0.814. The normalized spacial score (nSPS) is 10.2. The number of rotatable bonds is 3. The second kappa shape index (κ2) is 5.30. The molecule has 4 nitrogen and oxygen atoms in total. The molecule has 0 aliphatic rings. The van der Waals surface area contributed by atoms with Gasteiger partial charge < -0.3 is 4.74 Å². The molecule has 0 aliphatic heterocycles. The summed E-state index contributed by atoms with van der Waals surface area (Å²) >= 11 is 0. The van der Waals surface area contributed by atoms with Crippen LogP contribution in [-0.4, -0.2) is 15.6 Å². The van der Waals surface area contributed by atoms with E-state index >= 15 is 0 Å². The predicted octanol–water partition coefficient (Wildman–Crippen LogP) is 2.63. The first-order chi connectivity index (χ1) is 8.29. The first-order valence-corrected chi connectivity index (χ1v) is 5.52. The Kier molecular flexibility index (Phi) is 3.55. The fraction of sp³-hybridized carbons (Fsp3) is 0.231. The van der Waals surface area contributed by atoms with Crippen molar-refractivity contribution < 1.29 is 9.53 Å². The van der Waals surface area contributed by atoms with E-state index in [2.05, 4.69) is 4.98 Å². The summed E-state index contributed by atoms with van der Waals surface area (Å²) < 4.78 is 6.61. The Labute approximate surface area is 99.9 Å². The first-order valence-electron chi connectivity index (χ1n) is 5.52. The van der Waals surface area contributed by atoms with Gasteiger partial charge in [0.05, 0.1) is 0 Å². The maximum absolute atomic E-state index is 11.7. The lowest BCUT2D eigenvalue weighted by Crippen LogP contribution is -2.11. The summed E-state index contributed by atoms with van der Waals surface area (Å²) in [5.74, 6) is 0. The Morgan fingerprint density at radius 1 is 1.41 bits per heavy atom. The van der Waals surface area contributed by atoms with Crippen LogP contribution in [0.3, 0.4) is 0 Å². The van der Waals surface area contributed by atoms with Crippen molar-refractivity contribution in [1.29, 1.82) is 0 Å². The van der Waals surface area contributed by atoms with Crippen molar-refractivity contribution >= 4 is 6.09 Å². The second-order valence-corrected chi connectivity index (χ2v) is 3.70. The molecule has 88 valence electrons. The topological polar surface area (TPSA) is 44.1 Å². The zero-order chi connectivity index (χ0) is 12.1. The highest BCUT2D eigenvalue weighted by molar-refractivity contribution is 5.70. The average molecular weight is 230 g/mol. The van der Waals surface area contributed by atoms with Crippen LogP contribution in [0.1, 0.15) is 18.1 Å². The van der Waals surface area contributed by atoms with Gasteiger partial charge >= 0.3 is 6.09 Å². The number of ether oxygens (including phenoxy) is 1. The Hall–Kier alpha value is -2.10. The number of carbonyl (C=O) groups excluding carboxylic acids is 1. The number of hydrogen-bond acceptors (Lipinski definition) is 3. The minimum absolute atomic E-state index is 0.242. The van der Waals surface area contributed by atoms with Gasteiger partial charge in [-0.25, -0.2) is 4.79 Å². The van der Waals surface area contributed by atoms with Crippen LogP contribution in [-0.2, 0) is 17.8 Å². The fourth-order valence-corrected chi connectivity index (χ4v) is 1.47. The molecule has 2 rings (SSSR count). The Morgan fingerprint density at radius 2 is 2.29 bits per heavy atom. The molecule has 2 heterocycles. The second-order valence-electron chi connectivity index (χ2n) is 3.70. The fourth-order valence-electron chi connectivity index (χ4n) is 1.47. The van der Waals surface area contributed by atoms with Crippen LogP contribution in [0, 0.1) is 0 Å². The van der Waals surface area contributed by atoms with E-state index in [9.17, 15) is 4.79 Å². The van der Waals surface area contributed by atoms with Crippen molar-refractivity contribution in [2.75, 3.05) is 0 Å². The standard InChI is InChI=1S/C13H14N2O2/c1-2-11-5-7-15(9-11)13(16)17-10-12-4-3-6-14-8-12/h3-9H,2,10H2,1H3. The van der Waals surface area contributed by atoms with Gasteiger partial charge in [-0.3, -0.25) is 9.55 Å². The van der Waals surface area contributed by atoms with E-state index in [1.165, 1.54) is 4.57 Å². The summed E-state index contributed by atoms with van der Waals surface area (Å²) in [5.41, 5.74) is 1.99. The Balaban J connectivity index is 1.93. The van der Waals surface area contributed by atoms with Crippen molar-refractivity contribution in [2.24, 2.45) is 0 Å². The molecule has 0 N–H and O–H groups in total. The molecule has 0 bridgehead atoms. The molecule has 0 spiro atoms. The summed E-state index contributed by atoms with van der Waals surface area (Å²) in [6.45, 7) is 2.28. The van der Waals surface area contributed by atoms with Crippen molar-refractivity contribution in [3.8, 4) is 0 Å². The van der Waals surface area contributed by atoms with Gasteiger partial charge in [0.1, 0.15) is 6.61 Å². The molecule has 0 aliphatic carbocycles. The molecule has 0 aromatic carbocycles. The van der Waals surface area contributed by atoms with Crippen LogP contribution in [0.2, 0.25) is 0 Å². The first kappa shape index (κ1) is 11.4. The minimum Gasteiger partial charge on any atom is -0.444 e. The number of pyridine rings is 1. The molecular formula is C13H14N2O2. The third kappa shape index (κ3) is 2.93. The number of nitrogens with zero attached hydrogens (tertiary/aromatic N) is 2. The summed E-state index contributed by atoms with van der Waals surface area (Å²) in [6, 6.07) is 5.59. The average Bonchev–Trinajstić information content (AvgIpc) is 2.86. The van der Waals surface area contributed by atoms with E-state index in [0.29, 0.717) is 0 Å². The summed E-state index contributed by atoms with van der Waals surface area (Å²) in [5, 5.41) is 0. The van der Waals surface area contributed by atoms with Crippen LogP contribution in [0.5, 0.6) is 0 Å². The zero-order valence-electron chi connectivity index (χ0n) is 9.67. The van der Waals surface area contributed by atoms with E-state index in [1.54, 1.807) is 24.8 Å². The molecule has 0 fully saturated rings. The number of hydrogen-bond donors (Lipinski definition) is 0. The maximum Gasteiger partial charge on any atom is 0.418 e. The molecule has 0 saturated heterocycles. The number of carbonyl (C=O) groups is 1. The van der Waals surface area contributed by atoms with Crippen molar-refractivity contribution in [2.45, 2.75) is 20.0 Å². The van der Waals surface area contributed by atoms with Crippen LogP contribution in [0.15, 0.2) is 43.0 Å². The molecule has 0 radical (unpaired) electrons. The van der Waals surface area contributed by atoms with Gasteiger partial charge in [0.2, 0.25) is 0 Å². The summed E-state index contributed by atoms with van der Waals surface area (Å²) in [4.78, 5) is 15.6.